The van der Waals surface area contributed by atoms with Crippen molar-refractivity contribution in [3.63, 3.8) is 0 Å². The van der Waals surface area contributed by atoms with Crippen molar-refractivity contribution in [2.45, 2.75) is 12.4 Å². The topological polar surface area (TPSA) is 117 Å². The molecule has 1 aromatic heterocycles. The number of nitrogens with zero attached hydrogens (tertiary/aromatic N) is 5. The molecule has 1 saturated heterocycles. The number of rotatable bonds is 4. The highest BCUT2D eigenvalue weighted by atomic mass is 19.4. The molecule has 1 aromatic carbocycles. The van der Waals surface area contributed by atoms with Crippen molar-refractivity contribution < 1.29 is 27.5 Å². The van der Waals surface area contributed by atoms with Crippen LogP contribution in [-0.2, 0) is 4.79 Å². The van der Waals surface area contributed by atoms with Crippen molar-refractivity contribution in [1.82, 2.24) is 20.2 Å². The Bertz CT molecular complexity index is 1260. The van der Waals surface area contributed by atoms with Gasteiger partial charge in [-0.05, 0) is 25.3 Å². The van der Waals surface area contributed by atoms with Crippen molar-refractivity contribution in [2.24, 2.45) is 0 Å². The van der Waals surface area contributed by atoms with Gasteiger partial charge in [-0.25, -0.2) is 14.4 Å². The first-order valence-corrected chi connectivity index (χ1v) is 10.8. The monoisotopic (exact) mass is 503 g/mol. The van der Waals surface area contributed by atoms with Crippen molar-refractivity contribution in [1.29, 1.82) is 5.26 Å². The third-order valence-corrected chi connectivity index (χ3v) is 5.80. The first kappa shape index (κ1) is 25.1. The van der Waals surface area contributed by atoms with Gasteiger partial charge in [0.2, 0.25) is 5.82 Å². The molecule has 3 N–H and O–H groups in total. The molecule has 2 aliphatic rings. The number of likely N-dealkylation sites (N-methyl/N-ethyl adjacent to an activating group) is 1. The zero-order chi connectivity index (χ0) is 26.0. The van der Waals surface area contributed by atoms with Crippen LogP contribution in [0, 0.1) is 17.1 Å². The molecular formula is C23H21F4N7O2. The number of aromatic nitrogens is 2. The lowest BCUT2D eigenvalue weighted by molar-refractivity contribution is -0.115. The molecule has 0 saturated carbocycles. The second kappa shape index (κ2) is 9.92. The summed E-state index contributed by atoms with van der Waals surface area (Å²) in [5.74, 6) is -1.87. The van der Waals surface area contributed by atoms with Crippen LogP contribution in [0.4, 0.5) is 28.9 Å². The van der Waals surface area contributed by atoms with E-state index in [4.69, 9.17) is 5.26 Å². The van der Waals surface area contributed by atoms with E-state index in [9.17, 15) is 23.1 Å². The number of halogens is 4. The molecular weight excluding hydrogens is 482 g/mol. The summed E-state index contributed by atoms with van der Waals surface area (Å²) >= 11 is 0. The van der Waals surface area contributed by atoms with Gasteiger partial charge in [-0.15, -0.1) is 0 Å². The van der Waals surface area contributed by atoms with Gasteiger partial charge in [0.15, 0.2) is 0 Å². The van der Waals surface area contributed by atoms with E-state index in [1.54, 1.807) is 6.07 Å². The SMILES string of the molecule is CN1CCN(c2cc(F)c(-c3cnc(C#N)nc3)cc2NC(=O)C2=CNC(O)C=C2C(F)(F)F)CC1. The Morgan fingerprint density at radius 3 is 2.50 bits per heavy atom. The lowest BCUT2D eigenvalue weighted by Crippen LogP contribution is -2.44. The maximum Gasteiger partial charge on any atom is 0.417 e. The van der Waals surface area contributed by atoms with Crippen LogP contribution in [-0.4, -0.2) is 71.5 Å². The van der Waals surface area contributed by atoms with E-state index in [1.807, 2.05) is 11.9 Å². The summed E-state index contributed by atoms with van der Waals surface area (Å²) in [5.41, 5.74) is -1.44. The van der Waals surface area contributed by atoms with Gasteiger partial charge in [-0.3, -0.25) is 4.79 Å². The number of anilines is 2. The first-order valence-electron chi connectivity index (χ1n) is 10.8. The van der Waals surface area contributed by atoms with Crippen LogP contribution >= 0.6 is 0 Å². The molecule has 0 bridgehead atoms. The molecule has 13 heteroatoms. The molecule has 3 heterocycles. The smallest absolute Gasteiger partial charge is 0.370 e. The predicted octanol–water partition coefficient (Wildman–Crippen LogP) is 2.14. The first-order chi connectivity index (χ1) is 17.1. The summed E-state index contributed by atoms with van der Waals surface area (Å²) in [6.07, 6.45) is -2.72. The lowest BCUT2D eigenvalue weighted by Gasteiger charge is -2.35. The number of nitriles is 1. The van der Waals surface area contributed by atoms with E-state index in [-0.39, 0.29) is 22.6 Å². The van der Waals surface area contributed by atoms with Crippen LogP contribution < -0.4 is 15.5 Å². The Kier molecular flexibility index (Phi) is 6.91. The van der Waals surface area contributed by atoms with Crippen molar-refractivity contribution >= 4 is 17.3 Å². The van der Waals surface area contributed by atoms with E-state index in [0.29, 0.717) is 37.9 Å². The predicted molar refractivity (Wildman–Crippen MR) is 122 cm³/mol. The summed E-state index contributed by atoms with van der Waals surface area (Å²) in [7, 11) is 1.93. The Hall–Kier alpha value is -4.02. The van der Waals surface area contributed by atoms with Crippen LogP contribution in [0.5, 0.6) is 0 Å². The molecule has 9 nitrogen and oxygen atoms in total. The van der Waals surface area contributed by atoms with Gasteiger partial charge in [-0.1, -0.05) is 0 Å². The molecule has 0 aliphatic carbocycles. The van der Waals surface area contributed by atoms with Gasteiger partial charge in [0.25, 0.3) is 5.91 Å². The Labute approximate surface area is 203 Å². The van der Waals surface area contributed by atoms with Crippen LogP contribution in [0.25, 0.3) is 11.1 Å². The molecule has 2 aliphatic heterocycles. The standard InChI is InChI=1S/C23H21F4N7O2/c1-33-2-4-34(5-3-33)19-8-17(24)14(13-10-29-20(9-28)30-11-13)6-18(19)32-22(36)15-12-31-21(35)7-16(15)23(25,26)27/h6-8,10-12,21,31,35H,2-5H2,1H3,(H,32,36). The molecule has 0 spiro atoms. The van der Waals surface area contributed by atoms with E-state index in [1.165, 1.54) is 24.5 Å². The van der Waals surface area contributed by atoms with Gasteiger partial charge in [-0.2, -0.15) is 18.4 Å². The molecule has 1 fully saturated rings. The number of nitrogens with one attached hydrogen (secondary N) is 2. The maximum atomic E-state index is 15.2. The number of amides is 1. The zero-order valence-electron chi connectivity index (χ0n) is 19.0. The lowest BCUT2D eigenvalue weighted by atomic mass is 10.0. The van der Waals surface area contributed by atoms with Crippen molar-refractivity contribution in [3.8, 4) is 17.2 Å². The van der Waals surface area contributed by atoms with E-state index >= 15 is 4.39 Å². The summed E-state index contributed by atoms with van der Waals surface area (Å²) in [4.78, 5) is 24.6. The number of carbonyl (C=O) groups excluding carboxylic acids is 1. The summed E-state index contributed by atoms with van der Waals surface area (Å²) in [5, 5.41) is 23.2. The molecule has 1 unspecified atom stereocenters. The average molecular weight is 503 g/mol. The molecule has 1 atom stereocenters. The average Bonchev–Trinajstić information content (AvgIpc) is 2.85. The molecule has 188 valence electrons. The number of hydrogen-bond donors (Lipinski definition) is 3. The normalized spacial score (nSPS) is 18.6. The number of hydrogen-bond acceptors (Lipinski definition) is 8. The van der Waals surface area contributed by atoms with Crippen LogP contribution in [0.15, 0.2) is 47.9 Å². The van der Waals surface area contributed by atoms with E-state index in [0.717, 1.165) is 6.20 Å². The second-order valence-electron chi connectivity index (χ2n) is 8.25. The van der Waals surface area contributed by atoms with Gasteiger partial charge < -0.3 is 25.5 Å². The highest BCUT2D eigenvalue weighted by Gasteiger charge is 2.40. The van der Waals surface area contributed by atoms with E-state index < -0.39 is 35.3 Å². The fraction of sp³-hybridized carbons (Fsp3) is 0.304. The quantitative estimate of drug-likeness (QED) is 0.544. The zero-order valence-corrected chi connectivity index (χ0v) is 19.0. The number of aliphatic hydroxyl groups excluding tert-OH is 1. The fourth-order valence-electron chi connectivity index (χ4n) is 3.88. The Balaban J connectivity index is 1.74. The molecule has 36 heavy (non-hydrogen) atoms. The summed E-state index contributed by atoms with van der Waals surface area (Å²) in [6, 6.07) is 4.26. The number of benzene rings is 1. The summed E-state index contributed by atoms with van der Waals surface area (Å²) in [6.45, 7) is 2.33. The number of aliphatic hydroxyl groups is 1. The number of alkyl halides is 3. The highest BCUT2D eigenvalue weighted by Crippen LogP contribution is 2.37. The summed E-state index contributed by atoms with van der Waals surface area (Å²) < 4.78 is 55.8. The van der Waals surface area contributed by atoms with Gasteiger partial charge >= 0.3 is 6.18 Å². The minimum Gasteiger partial charge on any atom is -0.370 e. The van der Waals surface area contributed by atoms with E-state index in [2.05, 4.69) is 25.5 Å². The maximum absolute atomic E-state index is 15.2. The molecule has 4 rings (SSSR count). The third-order valence-electron chi connectivity index (χ3n) is 5.80. The van der Waals surface area contributed by atoms with Gasteiger partial charge in [0.05, 0.1) is 22.5 Å². The van der Waals surface area contributed by atoms with Crippen LogP contribution in [0.2, 0.25) is 0 Å². The largest absolute Gasteiger partial charge is 0.417 e. The number of piperazine rings is 1. The minimum absolute atomic E-state index is 0.00887. The Morgan fingerprint density at radius 1 is 1.22 bits per heavy atom. The number of carbonyl (C=O) groups is 1. The van der Waals surface area contributed by atoms with Crippen LogP contribution in [0.1, 0.15) is 5.82 Å². The number of dihydropyridines is 1. The van der Waals surface area contributed by atoms with Crippen molar-refractivity contribution in [3.05, 3.63) is 59.6 Å². The third kappa shape index (κ3) is 5.29. The highest BCUT2D eigenvalue weighted by molar-refractivity contribution is 6.09. The Morgan fingerprint density at radius 2 is 1.89 bits per heavy atom. The fourth-order valence-corrected chi connectivity index (χ4v) is 3.88. The van der Waals surface area contributed by atoms with Crippen LogP contribution in [0.3, 0.4) is 0 Å². The molecule has 0 radical (unpaired) electrons. The van der Waals surface area contributed by atoms with Crippen molar-refractivity contribution in [2.75, 3.05) is 43.4 Å². The van der Waals surface area contributed by atoms with Gasteiger partial charge in [0.1, 0.15) is 18.1 Å². The second-order valence-corrected chi connectivity index (χ2v) is 8.25. The molecule has 1 amide bonds. The molecule has 2 aromatic rings. The van der Waals surface area contributed by atoms with Gasteiger partial charge in [0, 0.05) is 55.9 Å². The minimum atomic E-state index is -4.89.